The van der Waals surface area contributed by atoms with Gasteiger partial charge in [-0.2, -0.15) is 8.78 Å². The van der Waals surface area contributed by atoms with Crippen molar-refractivity contribution in [2.45, 2.75) is 6.61 Å². The molecule has 2 rings (SSSR count). The van der Waals surface area contributed by atoms with Crippen molar-refractivity contribution in [2.24, 2.45) is 0 Å². The lowest BCUT2D eigenvalue weighted by Gasteiger charge is -2.13. The van der Waals surface area contributed by atoms with Gasteiger partial charge in [-0.1, -0.05) is 0 Å². The van der Waals surface area contributed by atoms with Crippen molar-refractivity contribution >= 4 is 17.2 Å². The summed E-state index contributed by atoms with van der Waals surface area (Å²) in [6, 6.07) is 9.75. The van der Waals surface area contributed by atoms with Crippen LogP contribution in [0.5, 0.6) is 5.75 Å². The van der Waals surface area contributed by atoms with E-state index in [2.05, 4.69) is 4.74 Å². The highest BCUT2D eigenvalue weighted by Gasteiger charge is 2.14. The second-order valence-electron chi connectivity index (χ2n) is 4.52. The minimum Gasteiger partial charge on any atom is -0.435 e. The molecule has 0 aliphatic rings. The molecule has 22 heavy (non-hydrogen) atoms. The van der Waals surface area contributed by atoms with E-state index in [0.717, 1.165) is 10.4 Å². The van der Waals surface area contributed by atoms with Crippen LogP contribution in [0.15, 0.2) is 36.4 Å². The Labute approximate surface area is 130 Å². The maximum atomic E-state index is 12.1. The lowest BCUT2D eigenvalue weighted by molar-refractivity contribution is -0.0498. The molecule has 7 heteroatoms. The number of alkyl halides is 2. The molecule has 2 aromatic rings. The molecule has 0 aliphatic carbocycles. The monoisotopic (exact) mass is 327 g/mol. The fourth-order valence-corrected chi connectivity index (χ4v) is 2.85. The van der Waals surface area contributed by atoms with Crippen molar-refractivity contribution in [3.63, 3.8) is 0 Å². The third kappa shape index (κ3) is 4.02. The molecule has 0 spiro atoms. The summed E-state index contributed by atoms with van der Waals surface area (Å²) in [6.45, 7) is -2.67. The molecule has 118 valence electrons. The highest BCUT2D eigenvalue weighted by atomic mass is 32.1. The zero-order valence-electron chi connectivity index (χ0n) is 11.8. The maximum absolute atomic E-state index is 12.1. The number of hydrogen-bond donors (Lipinski definition) is 1. The van der Waals surface area contributed by atoms with E-state index >= 15 is 0 Å². The standard InChI is InChI=1S/C15H15F2NO3S/c1-18(8-9-19)14(20)13-7-6-12(22-13)10-2-4-11(5-3-10)21-15(16)17/h2-7,15,19H,8-9H2,1H3. The van der Waals surface area contributed by atoms with E-state index in [0.29, 0.717) is 4.88 Å². The van der Waals surface area contributed by atoms with Gasteiger partial charge in [0.2, 0.25) is 0 Å². The van der Waals surface area contributed by atoms with Crippen molar-refractivity contribution in [1.82, 2.24) is 4.90 Å². The molecular formula is C15H15F2NO3S. The maximum Gasteiger partial charge on any atom is 0.387 e. The number of nitrogens with zero attached hydrogens (tertiary/aromatic N) is 1. The minimum atomic E-state index is -2.85. The second-order valence-corrected chi connectivity index (χ2v) is 5.60. The quantitative estimate of drug-likeness (QED) is 0.887. The Hall–Kier alpha value is -1.99. The lowest BCUT2D eigenvalue weighted by Crippen LogP contribution is -2.28. The Morgan fingerprint density at radius 1 is 1.27 bits per heavy atom. The number of likely N-dealkylation sites (N-methyl/N-ethyl adjacent to an activating group) is 1. The van der Waals surface area contributed by atoms with E-state index in [4.69, 9.17) is 5.11 Å². The molecule has 0 aliphatic heterocycles. The van der Waals surface area contributed by atoms with Gasteiger partial charge < -0.3 is 14.7 Å². The first kappa shape index (κ1) is 16.4. The summed E-state index contributed by atoms with van der Waals surface area (Å²) in [5.74, 6) is -0.0720. The van der Waals surface area contributed by atoms with E-state index in [1.165, 1.54) is 28.4 Å². The zero-order chi connectivity index (χ0) is 16.1. The Bertz CT molecular complexity index is 628. The van der Waals surface area contributed by atoms with Gasteiger partial charge in [0.25, 0.3) is 5.91 Å². The van der Waals surface area contributed by atoms with Crippen LogP contribution in [0.25, 0.3) is 10.4 Å². The molecule has 0 fully saturated rings. The van der Waals surface area contributed by atoms with Crippen LogP contribution in [-0.2, 0) is 0 Å². The van der Waals surface area contributed by atoms with Crippen LogP contribution in [0, 0.1) is 0 Å². The highest BCUT2D eigenvalue weighted by molar-refractivity contribution is 7.17. The van der Waals surface area contributed by atoms with Crippen molar-refractivity contribution in [1.29, 1.82) is 0 Å². The van der Waals surface area contributed by atoms with Gasteiger partial charge in [-0.25, -0.2) is 0 Å². The first-order chi connectivity index (χ1) is 10.5. The number of ether oxygens (including phenoxy) is 1. The second kappa shape index (κ2) is 7.33. The normalized spacial score (nSPS) is 10.8. The van der Waals surface area contributed by atoms with Gasteiger partial charge in [0, 0.05) is 18.5 Å². The summed E-state index contributed by atoms with van der Waals surface area (Å²) >= 11 is 1.31. The average molecular weight is 327 g/mol. The minimum absolute atomic E-state index is 0.0912. The molecule has 1 aromatic carbocycles. The molecule has 1 amide bonds. The van der Waals surface area contributed by atoms with Crippen LogP contribution >= 0.6 is 11.3 Å². The molecular weight excluding hydrogens is 312 g/mol. The number of hydrogen-bond acceptors (Lipinski definition) is 4. The zero-order valence-corrected chi connectivity index (χ0v) is 12.6. The third-order valence-corrected chi connectivity index (χ3v) is 4.09. The van der Waals surface area contributed by atoms with Gasteiger partial charge in [0.1, 0.15) is 5.75 Å². The first-order valence-electron chi connectivity index (χ1n) is 6.52. The molecule has 0 bridgehead atoms. The number of aliphatic hydroxyl groups excluding tert-OH is 1. The van der Waals surface area contributed by atoms with E-state index in [1.54, 1.807) is 31.3 Å². The van der Waals surface area contributed by atoms with Crippen molar-refractivity contribution in [3.05, 3.63) is 41.3 Å². The molecule has 1 N–H and O–H groups in total. The fraction of sp³-hybridized carbons (Fsp3) is 0.267. The predicted octanol–water partition coefficient (Wildman–Crippen LogP) is 3.08. The van der Waals surface area contributed by atoms with Gasteiger partial charge in [0.15, 0.2) is 0 Å². The van der Waals surface area contributed by atoms with Crippen molar-refractivity contribution in [2.75, 3.05) is 20.2 Å². The summed E-state index contributed by atoms with van der Waals surface area (Å²) in [7, 11) is 1.62. The van der Waals surface area contributed by atoms with Crippen LogP contribution in [0.4, 0.5) is 8.78 Å². The summed E-state index contributed by atoms with van der Waals surface area (Å²) in [4.78, 5) is 14.9. The summed E-state index contributed by atoms with van der Waals surface area (Å²) < 4.78 is 28.5. The van der Waals surface area contributed by atoms with Crippen LogP contribution in [0.3, 0.4) is 0 Å². The number of amides is 1. The van der Waals surface area contributed by atoms with E-state index in [1.807, 2.05) is 0 Å². The predicted molar refractivity (Wildman–Crippen MR) is 80.4 cm³/mol. The number of carbonyl (C=O) groups excluding carboxylic acids is 1. The third-order valence-electron chi connectivity index (χ3n) is 2.96. The van der Waals surface area contributed by atoms with Gasteiger partial charge in [-0.3, -0.25) is 4.79 Å². The molecule has 4 nitrogen and oxygen atoms in total. The summed E-state index contributed by atoms with van der Waals surface area (Å²) in [5.41, 5.74) is 0.815. The number of benzene rings is 1. The highest BCUT2D eigenvalue weighted by Crippen LogP contribution is 2.30. The molecule has 0 radical (unpaired) electrons. The fourth-order valence-electron chi connectivity index (χ4n) is 1.85. The largest absolute Gasteiger partial charge is 0.435 e. The van der Waals surface area contributed by atoms with Crippen LogP contribution < -0.4 is 4.74 Å². The van der Waals surface area contributed by atoms with Crippen molar-refractivity contribution < 1.29 is 23.4 Å². The van der Waals surface area contributed by atoms with Gasteiger partial charge in [-0.05, 0) is 42.0 Å². The average Bonchev–Trinajstić information content (AvgIpc) is 2.96. The van der Waals surface area contributed by atoms with Crippen LogP contribution in [0.2, 0.25) is 0 Å². The van der Waals surface area contributed by atoms with Gasteiger partial charge >= 0.3 is 6.61 Å². The van der Waals surface area contributed by atoms with E-state index in [-0.39, 0.29) is 24.8 Å². The Morgan fingerprint density at radius 3 is 2.55 bits per heavy atom. The first-order valence-corrected chi connectivity index (χ1v) is 7.34. The van der Waals surface area contributed by atoms with Gasteiger partial charge in [0.05, 0.1) is 11.5 Å². The van der Waals surface area contributed by atoms with Crippen LogP contribution in [-0.4, -0.2) is 42.7 Å². The number of rotatable bonds is 6. The SMILES string of the molecule is CN(CCO)C(=O)c1ccc(-c2ccc(OC(F)F)cc2)s1. The van der Waals surface area contributed by atoms with Crippen LogP contribution in [0.1, 0.15) is 9.67 Å². The van der Waals surface area contributed by atoms with E-state index < -0.39 is 6.61 Å². The Kier molecular flexibility index (Phi) is 5.46. The smallest absolute Gasteiger partial charge is 0.387 e. The Morgan fingerprint density at radius 2 is 1.95 bits per heavy atom. The lowest BCUT2D eigenvalue weighted by atomic mass is 10.2. The summed E-state index contributed by atoms with van der Waals surface area (Å²) in [6.07, 6.45) is 0. The van der Waals surface area contributed by atoms with Gasteiger partial charge in [-0.15, -0.1) is 11.3 Å². The molecule has 1 aromatic heterocycles. The number of aliphatic hydroxyl groups is 1. The van der Waals surface area contributed by atoms with Crippen molar-refractivity contribution in [3.8, 4) is 16.2 Å². The molecule has 0 saturated heterocycles. The molecule has 0 unspecified atom stereocenters. The number of halogens is 2. The molecule has 0 atom stereocenters. The number of thiophene rings is 1. The Balaban J connectivity index is 2.12. The molecule has 1 heterocycles. The molecule has 0 saturated carbocycles. The van der Waals surface area contributed by atoms with E-state index in [9.17, 15) is 13.6 Å². The summed E-state index contributed by atoms with van der Waals surface area (Å²) in [5, 5.41) is 8.85. The number of carbonyl (C=O) groups is 1. The topological polar surface area (TPSA) is 49.8 Å².